The second-order valence-electron chi connectivity index (χ2n) is 2.01. The van der Waals surface area contributed by atoms with Crippen molar-refractivity contribution >= 4 is 33.8 Å². The van der Waals surface area contributed by atoms with E-state index in [2.05, 4.69) is 11.1 Å². The number of benzene rings is 1. The number of thiazole rings is 1. The largest absolute Gasteiger partial charge is 2.00 e. The number of nitrogens with one attached hydrogen (secondary N) is 1. The zero-order valence-corrected chi connectivity index (χ0v) is 10.4. The molecule has 0 unspecified atom stereocenters. The van der Waals surface area contributed by atoms with Gasteiger partial charge in [-0.2, -0.15) is 0 Å². The molecule has 0 atom stereocenters. The van der Waals surface area contributed by atoms with Gasteiger partial charge in [-0.25, -0.2) is 0 Å². The Kier molecular flexibility index (Phi) is 2.93. The first kappa shape index (κ1) is 9.04. The molecule has 0 aliphatic rings. The molecule has 1 nitrogen and oxygen atoms in total. The van der Waals surface area contributed by atoms with Gasteiger partial charge in [-0.05, 0) is 24.4 Å². The maximum Gasteiger partial charge on any atom is 2.00 e. The molecule has 0 amide bonds. The van der Waals surface area contributed by atoms with Crippen LogP contribution >= 0.6 is 23.6 Å². The van der Waals surface area contributed by atoms with Gasteiger partial charge in [-0.3, -0.25) is 0 Å². The molecule has 0 aliphatic heterocycles. The minimum Gasteiger partial charge on any atom is -0.337 e. The van der Waals surface area contributed by atoms with E-state index in [1.165, 1.54) is 4.70 Å². The number of hydrogen-bond donors (Lipinski definition) is 1. The predicted molar refractivity (Wildman–Crippen MR) is 47.0 cm³/mol. The Hall–Kier alpha value is -0.0466. The van der Waals surface area contributed by atoms with Crippen LogP contribution in [0.2, 0.25) is 0 Å². The second-order valence-corrected chi connectivity index (χ2v) is 3.73. The van der Waals surface area contributed by atoms with E-state index in [0.29, 0.717) is 0 Å². The van der Waals surface area contributed by atoms with Gasteiger partial charge in [0.25, 0.3) is 0 Å². The Bertz CT molecular complexity index is 368. The van der Waals surface area contributed by atoms with E-state index < -0.39 is 0 Å². The van der Waals surface area contributed by atoms with Crippen LogP contribution in [0, 0.1) is 3.95 Å². The molecule has 2 aromatic rings. The van der Waals surface area contributed by atoms with Gasteiger partial charge in [-0.1, -0.05) is 12.1 Å². The summed E-state index contributed by atoms with van der Waals surface area (Å²) < 4.78 is 2.08. The SMILES string of the molecule is S=c1[nH]c2ccccc2s1.[Zn+2]. The molecule has 1 aromatic heterocycles. The summed E-state index contributed by atoms with van der Waals surface area (Å²) in [6.45, 7) is 0. The van der Waals surface area contributed by atoms with Gasteiger partial charge in [-0.15, -0.1) is 11.3 Å². The van der Waals surface area contributed by atoms with E-state index >= 15 is 0 Å². The summed E-state index contributed by atoms with van der Waals surface area (Å²) in [5.74, 6) is 0. The zero-order valence-electron chi connectivity index (χ0n) is 5.83. The summed E-state index contributed by atoms with van der Waals surface area (Å²) in [4.78, 5) is 3.09. The van der Waals surface area contributed by atoms with Crippen LogP contribution in [0.1, 0.15) is 0 Å². The van der Waals surface area contributed by atoms with Crippen molar-refractivity contribution in [3.8, 4) is 0 Å². The molecule has 0 radical (unpaired) electrons. The molecule has 2 rings (SSSR count). The maximum atomic E-state index is 4.98. The first-order chi connectivity index (χ1) is 4.86. The maximum absolute atomic E-state index is 4.98. The molecule has 0 bridgehead atoms. The Labute approximate surface area is 86.2 Å². The molecular formula is C7H5NS2Zn+2. The van der Waals surface area contributed by atoms with Crippen molar-refractivity contribution in [1.29, 1.82) is 0 Å². The van der Waals surface area contributed by atoms with Gasteiger partial charge in [0.1, 0.15) is 0 Å². The topological polar surface area (TPSA) is 15.8 Å². The average Bonchev–Trinajstić information content (AvgIpc) is 2.27. The molecular weight excluding hydrogens is 228 g/mol. The van der Waals surface area contributed by atoms with E-state index in [1.807, 2.05) is 18.2 Å². The summed E-state index contributed by atoms with van der Waals surface area (Å²) in [6, 6.07) is 8.11. The van der Waals surface area contributed by atoms with Crippen LogP contribution in [-0.2, 0) is 19.5 Å². The van der Waals surface area contributed by atoms with Gasteiger partial charge in [0.05, 0.1) is 10.2 Å². The first-order valence-corrected chi connectivity index (χ1v) is 4.16. The fourth-order valence-electron chi connectivity index (χ4n) is 0.894. The third kappa shape index (κ3) is 1.75. The molecule has 1 heterocycles. The van der Waals surface area contributed by atoms with E-state index in [9.17, 15) is 0 Å². The third-order valence-corrected chi connectivity index (χ3v) is 2.54. The molecule has 11 heavy (non-hydrogen) atoms. The molecule has 0 aliphatic carbocycles. The Morgan fingerprint density at radius 2 is 2.00 bits per heavy atom. The van der Waals surface area contributed by atoms with Gasteiger partial charge >= 0.3 is 19.5 Å². The first-order valence-electron chi connectivity index (χ1n) is 2.94. The van der Waals surface area contributed by atoms with Crippen molar-refractivity contribution in [2.75, 3.05) is 0 Å². The molecule has 0 saturated heterocycles. The van der Waals surface area contributed by atoms with Gasteiger partial charge in [0, 0.05) is 0 Å². The summed E-state index contributed by atoms with van der Waals surface area (Å²) in [7, 11) is 0. The summed E-state index contributed by atoms with van der Waals surface area (Å²) in [5.41, 5.74) is 1.14. The minimum absolute atomic E-state index is 0. The molecule has 0 spiro atoms. The smallest absolute Gasteiger partial charge is 0.337 e. The minimum atomic E-state index is 0. The van der Waals surface area contributed by atoms with E-state index in [4.69, 9.17) is 12.2 Å². The Morgan fingerprint density at radius 1 is 1.27 bits per heavy atom. The van der Waals surface area contributed by atoms with Crippen LogP contribution < -0.4 is 0 Å². The van der Waals surface area contributed by atoms with E-state index in [-0.39, 0.29) is 19.5 Å². The number of rotatable bonds is 0. The van der Waals surface area contributed by atoms with Crippen molar-refractivity contribution < 1.29 is 19.5 Å². The van der Waals surface area contributed by atoms with Crippen molar-refractivity contribution in [1.82, 2.24) is 4.98 Å². The van der Waals surface area contributed by atoms with E-state index in [1.54, 1.807) is 11.3 Å². The summed E-state index contributed by atoms with van der Waals surface area (Å²) in [6.07, 6.45) is 0. The number of para-hydroxylation sites is 1. The average molecular weight is 233 g/mol. The molecule has 0 fully saturated rings. The number of aromatic amines is 1. The van der Waals surface area contributed by atoms with Gasteiger partial charge in [0.15, 0.2) is 3.95 Å². The van der Waals surface area contributed by atoms with Crippen molar-refractivity contribution in [2.45, 2.75) is 0 Å². The van der Waals surface area contributed by atoms with Crippen molar-refractivity contribution in [2.24, 2.45) is 0 Å². The summed E-state index contributed by atoms with van der Waals surface area (Å²) >= 11 is 6.59. The zero-order chi connectivity index (χ0) is 6.97. The predicted octanol–water partition coefficient (Wildman–Crippen LogP) is 2.96. The number of hydrogen-bond acceptors (Lipinski definition) is 2. The fourth-order valence-corrected chi connectivity index (χ4v) is 2.01. The van der Waals surface area contributed by atoms with Crippen LogP contribution in [-0.4, -0.2) is 4.98 Å². The van der Waals surface area contributed by atoms with Gasteiger partial charge in [0.2, 0.25) is 0 Å². The van der Waals surface area contributed by atoms with Gasteiger partial charge < -0.3 is 4.98 Å². The normalized spacial score (nSPS) is 9.45. The third-order valence-electron chi connectivity index (χ3n) is 1.33. The second kappa shape index (κ2) is 3.57. The van der Waals surface area contributed by atoms with E-state index in [0.717, 1.165) is 9.47 Å². The number of fused-ring (bicyclic) bond motifs is 1. The molecule has 0 saturated carbocycles. The standard InChI is InChI=1S/C7H5NS2.Zn/c9-7-8-5-3-1-2-4-6(5)10-7;/h1-4H,(H,8,9);/q;+2. The molecule has 1 N–H and O–H groups in total. The van der Waals surface area contributed by atoms with Crippen molar-refractivity contribution in [3.63, 3.8) is 0 Å². The molecule has 4 heteroatoms. The van der Waals surface area contributed by atoms with Crippen LogP contribution in [0.3, 0.4) is 0 Å². The Morgan fingerprint density at radius 3 is 2.73 bits per heavy atom. The quantitative estimate of drug-likeness (QED) is 0.546. The number of aromatic nitrogens is 1. The Balaban J connectivity index is 0.000000605. The fraction of sp³-hybridized carbons (Fsp3) is 0. The van der Waals surface area contributed by atoms with Crippen LogP contribution in [0.5, 0.6) is 0 Å². The van der Waals surface area contributed by atoms with Crippen LogP contribution in [0.25, 0.3) is 10.2 Å². The van der Waals surface area contributed by atoms with Crippen LogP contribution in [0.4, 0.5) is 0 Å². The van der Waals surface area contributed by atoms with Crippen LogP contribution in [0.15, 0.2) is 24.3 Å². The monoisotopic (exact) mass is 231 g/mol. The van der Waals surface area contributed by atoms with Crippen molar-refractivity contribution in [3.05, 3.63) is 28.2 Å². The molecule has 50 valence electrons. The number of H-pyrrole nitrogens is 1. The molecule has 1 aromatic carbocycles. The summed E-state index contributed by atoms with van der Waals surface area (Å²) in [5, 5.41) is 0.